The first-order valence-corrected chi connectivity index (χ1v) is 7.01. The zero-order chi connectivity index (χ0) is 13.2. The molecule has 0 aliphatic carbocycles. The van der Waals surface area contributed by atoms with Gasteiger partial charge in [0, 0.05) is 11.8 Å². The normalized spacial score (nSPS) is 10.8. The minimum absolute atomic E-state index is 0.354. The Kier molecular flexibility index (Phi) is 3.05. The molecule has 2 N–H and O–H groups in total. The number of aromatic nitrogens is 2. The van der Waals surface area contributed by atoms with Gasteiger partial charge in [-0.05, 0) is 17.9 Å². The van der Waals surface area contributed by atoms with E-state index in [0.29, 0.717) is 11.3 Å². The SMILES string of the molecule is CSc1cc(-c2[nH]oc(=O)c2-c2ccccc2)c[nH]1. The summed E-state index contributed by atoms with van der Waals surface area (Å²) in [6, 6.07) is 11.5. The second-order valence-electron chi connectivity index (χ2n) is 4.06. The van der Waals surface area contributed by atoms with Gasteiger partial charge in [0.15, 0.2) is 0 Å². The highest BCUT2D eigenvalue weighted by Gasteiger charge is 2.16. The van der Waals surface area contributed by atoms with E-state index in [-0.39, 0.29) is 5.63 Å². The average Bonchev–Trinajstić information content (AvgIpc) is 3.05. The van der Waals surface area contributed by atoms with Crippen molar-refractivity contribution < 1.29 is 4.52 Å². The fourth-order valence-corrected chi connectivity index (χ4v) is 2.43. The van der Waals surface area contributed by atoms with Gasteiger partial charge < -0.3 is 9.51 Å². The van der Waals surface area contributed by atoms with Crippen molar-refractivity contribution in [3.8, 4) is 22.4 Å². The maximum atomic E-state index is 11.9. The molecule has 4 nitrogen and oxygen atoms in total. The van der Waals surface area contributed by atoms with Crippen molar-refractivity contribution in [3.05, 3.63) is 53.0 Å². The molecule has 0 bridgehead atoms. The van der Waals surface area contributed by atoms with Crippen LogP contribution in [0.1, 0.15) is 0 Å². The Morgan fingerprint density at radius 1 is 1.16 bits per heavy atom. The number of hydrogen-bond donors (Lipinski definition) is 2. The van der Waals surface area contributed by atoms with E-state index < -0.39 is 0 Å². The summed E-state index contributed by atoms with van der Waals surface area (Å²) in [5, 5.41) is 3.75. The molecular formula is C14H12N2O2S. The van der Waals surface area contributed by atoms with Gasteiger partial charge in [-0.2, -0.15) is 0 Å². The molecule has 0 fully saturated rings. The van der Waals surface area contributed by atoms with Gasteiger partial charge in [-0.25, -0.2) is 9.95 Å². The van der Waals surface area contributed by atoms with E-state index in [9.17, 15) is 4.79 Å². The standard InChI is InChI=1S/C14H12N2O2S/c1-19-11-7-10(8-15-11)13-12(14(17)18-16-13)9-5-3-2-4-6-9/h2-8,15-16H,1H3. The molecule has 0 saturated heterocycles. The molecule has 0 atom stereocenters. The van der Waals surface area contributed by atoms with Crippen LogP contribution in [0.4, 0.5) is 0 Å². The van der Waals surface area contributed by atoms with Gasteiger partial charge in [-0.1, -0.05) is 30.3 Å². The van der Waals surface area contributed by atoms with Crippen LogP contribution in [0.25, 0.3) is 22.4 Å². The van der Waals surface area contributed by atoms with Crippen LogP contribution in [0.5, 0.6) is 0 Å². The van der Waals surface area contributed by atoms with Gasteiger partial charge in [0.05, 0.1) is 16.3 Å². The van der Waals surface area contributed by atoms with E-state index in [2.05, 4.69) is 10.1 Å². The minimum Gasteiger partial charge on any atom is -0.356 e. The molecule has 0 spiro atoms. The first-order valence-electron chi connectivity index (χ1n) is 5.79. The van der Waals surface area contributed by atoms with Crippen LogP contribution >= 0.6 is 11.8 Å². The van der Waals surface area contributed by atoms with Crippen LogP contribution in [0.3, 0.4) is 0 Å². The number of benzene rings is 1. The molecule has 0 radical (unpaired) electrons. The molecule has 0 amide bonds. The molecule has 0 aliphatic rings. The molecule has 0 unspecified atom stereocenters. The predicted octanol–water partition coefficient (Wildman–Crippen LogP) is 3.35. The Bertz CT molecular complexity index is 740. The van der Waals surface area contributed by atoms with E-state index in [1.165, 1.54) is 0 Å². The number of aromatic amines is 2. The zero-order valence-corrected chi connectivity index (χ0v) is 11.1. The van der Waals surface area contributed by atoms with Gasteiger partial charge in [-0.3, -0.25) is 0 Å². The third-order valence-corrected chi connectivity index (χ3v) is 3.60. The van der Waals surface area contributed by atoms with Crippen LogP contribution in [0.2, 0.25) is 0 Å². The summed E-state index contributed by atoms with van der Waals surface area (Å²) >= 11 is 1.61. The molecule has 3 aromatic rings. The summed E-state index contributed by atoms with van der Waals surface area (Å²) < 4.78 is 4.95. The molecule has 2 aromatic heterocycles. The van der Waals surface area contributed by atoms with E-state index >= 15 is 0 Å². The third-order valence-electron chi connectivity index (χ3n) is 2.93. The quantitative estimate of drug-likeness (QED) is 0.719. The molecule has 19 heavy (non-hydrogen) atoms. The first kappa shape index (κ1) is 11.9. The zero-order valence-electron chi connectivity index (χ0n) is 10.3. The van der Waals surface area contributed by atoms with Crippen molar-refractivity contribution in [2.24, 2.45) is 0 Å². The summed E-state index contributed by atoms with van der Waals surface area (Å²) in [4.78, 5) is 15.0. The lowest BCUT2D eigenvalue weighted by Crippen LogP contribution is -1.96. The Labute approximate surface area is 113 Å². The van der Waals surface area contributed by atoms with Crippen molar-refractivity contribution in [3.63, 3.8) is 0 Å². The van der Waals surface area contributed by atoms with Crippen molar-refractivity contribution in [2.75, 3.05) is 6.26 Å². The molecule has 96 valence electrons. The van der Waals surface area contributed by atoms with E-state index in [4.69, 9.17) is 4.52 Å². The lowest BCUT2D eigenvalue weighted by Gasteiger charge is -1.98. The molecule has 5 heteroatoms. The van der Waals surface area contributed by atoms with E-state index in [1.807, 2.05) is 48.9 Å². The van der Waals surface area contributed by atoms with Crippen LogP contribution in [-0.4, -0.2) is 16.4 Å². The van der Waals surface area contributed by atoms with Gasteiger partial charge in [0.1, 0.15) is 0 Å². The number of rotatable bonds is 3. The minimum atomic E-state index is -0.354. The number of hydrogen-bond acceptors (Lipinski definition) is 3. The fraction of sp³-hybridized carbons (Fsp3) is 0.0714. The molecule has 2 heterocycles. The fourth-order valence-electron chi connectivity index (χ4n) is 2.01. The maximum Gasteiger partial charge on any atom is 0.365 e. The topological polar surface area (TPSA) is 61.8 Å². The van der Waals surface area contributed by atoms with Crippen molar-refractivity contribution in [1.29, 1.82) is 0 Å². The van der Waals surface area contributed by atoms with Gasteiger partial charge in [0.25, 0.3) is 0 Å². The molecule has 1 aromatic carbocycles. The molecular weight excluding hydrogens is 260 g/mol. The molecule has 0 aliphatic heterocycles. The van der Waals surface area contributed by atoms with Gasteiger partial charge in [-0.15, -0.1) is 11.8 Å². The average molecular weight is 272 g/mol. The van der Waals surface area contributed by atoms with Gasteiger partial charge >= 0.3 is 5.63 Å². The monoisotopic (exact) mass is 272 g/mol. The van der Waals surface area contributed by atoms with E-state index in [0.717, 1.165) is 16.2 Å². The maximum absolute atomic E-state index is 11.9. The molecule has 3 rings (SSSR count). The highest BCUT2D eigenvalue weighted by molar-refractivity contribution is 7.98. The van der Waals surface area contributed by atoms with Gasteiger partial charge in [0.2, 0.25) is 0 Å². The molecule has 0 saturated carbocycles. The van der Waals surface area contributed by atoms with Crippen molar-refractivity contribution in [1.82, 2.24) is 10.1 Å². The second-order valence-corrected chi connectivity index (χ2v) is 4.91. The van der Waals surface area contributed by atoms with Crippen LogP contribution in [-0.2, 0) is 0 Å². The summed E-state index contributed by atoms with van der Waals surface area (Å²) in [5.74, 6) is 0. The van der Waals surface area contributed by atoms with Crippen molar-refractivity contribution in [2.45, 2.75) is 5.03 Å². The lowest BCUT2D eigenvalue weighted by molar-refractivity contribution is 0.394. The van der Waals surface area contributed by atoms with Crippen LogP contribution < -0.4 is 5.63 Å². The first-order chi connectivity index (χ1) is 9.29. The summed E-state index contributed by atoms with van der Waals surface area (Å²) in [6.45, 7) is 0. The van der Waals surface area contributed by atoms with Crippen molar-refractivity contribution >= 4 is 11.8 Å². The Morgan fingerprint density at radius 2 is 1.95 bits per heavy atom. The summed E-state index contributed by atoms with van der Waals surface area (Å²) in [7, 11) is 0. The highest BCUT2D eigenvalue weighted by atomic mass is 32.2. The second kappa shape index (κ2) is 4.85. The predicted molar refractivity (Wildman–Crippen MR) is 76.3 cm³/mol. The van der Waals surface area contributed by atoms with E-state index in [1.54, 1.807) is 11.8 Å². The Balaban J connectivity index is 2.16. The Morgan fingerprint density at radius 3 is 2.63 bits per heavy atom. The van der Waals surface area contributed by atoms with Crippen LogP contribution in [0, 0.1) is 0 Å². The number of H-pyrrole nitrogens is 2. The largest absolute Gasteiger partial charge is 0.365 e. The highest BCUT2D eigenvalue weighted by Crippen LogP contribution is 2.29. The Hall–Kier alpha value is -2.14. The summed E-state index contributed by atoms with van der Waals surface area (Å²) in [5.41, 5.74) is 2.67. The number of thioether (sulfide) groups is 1. The lowest BCUT2D eigenvalue weighted by atomic mass is 10.0. The third kappa shape index (κ3) is 2.13. The van der Waals surface area contributed by atoms with Crippen LogP contribution in [0.15, 0.2) is 56.9 Å². The number of nitrogens with one attached hydrogen (secondary N) is 2. The summed E-state index contributed by atoms with van der Waals surface area (Å²) in [6.07, 6.45) is 3.85. The smallest absolute Gasteiger partial charge is 0.356 e.